The van der Waals surface area contributed by atoms with Crippen LogP contribution in [0.3, 0.4) is 0 Å². The fraction of sp³-hybridized carbons (Fsp3) is 0.300. The monoisotopic (exact) mass is 350 g/mol. The third-order valence-electron chi connectivity index (χ3n) is 4.78. The minimum atomic E-state index is -0.232. The summed E-state index contributed by atoms with van der Waals surface area (Å²) in [5.41, 5.74) is 3.09. The standard InChI is InChI=1S/C20H22N4O2/c1-23-13-17(12-21-23)19(15-6-3-2-4-7-15)22-20(25)24-10-5-8-18-16(14-24)9-11-26-18/h2-4,6-7,9,11-13,19H,5,8,10,14H2,1H3,(H,22,25). The van der Waals surface area contributed by atoms with Crippen LogP contribution in [0.25, 0.3) is 0 Å². The van der Waals surface area contributed by atoms with Gasteiger partial charge in [0.25, 0.3) is 0 Å². The van der Waals surface area contributed by atoms with E-state index in [1.165, 1.54) is 0 Å². The van der Waals surface area contributed by atoms with Gasteiger partial charge in [0.05, 0.1) is 25.0 Å². The minimum Gasteiger partial charge on any atom is -0.469 e. The molecule has 0 saturated heterocycles. The van der Waals surface area contributed by atoms with E-state index in [-0.39, 0.29) is 12.1 Å². The van der Waals surface area contributed by atoms with Crippen LogP contribution in [-0.4, -0.2) is 27.3 Å². The number of carbonyl (C=O) groups excluding carboxylic acids is 1. The molecular formula is C20H22N4O2. The molecule has 2 aromatic heterocycles. The van der Waals surface area contributed by atoms with Crippen LogP contribution in [0.5, 0.6) is 0 Å². The van der Waals surface area contributed by atoms with E-state index in [0.29, 0.717) is 13.1 Å². The van der Waals surface area contributed by atoms with Gasteiger partial charge in [0, 0.05) is 37.3 Å². The lowest BCUT2D eigenvalue weighted by Gasteiger charge is -2.25. The van der Waals surface area contributed by atoms with Gasteiger partial charge in [-0.25, -0.2) is 4.79 Å². The van der Waals surface area contributed by atoms with E-state index in [4.69, 9.17) is 4.42 Å². The highest BCUT2D eigenvalue weighted by Crippen LogP contribution is 2.24. The number of aryl methyl sites for hydroxylation is 2. The molecule has 1 atom stereocenters. The second kappa shape index (κ2) is 7.07. The van der Waals surface area contributed by atoms with Crippen LogP contribution in [0.15, 0.2) is 59.5 Å². The first kappa shape index (κ1) is 16.4. The molecule has 0 spiro atoms. The highest BCUT2D eigenvalue weighted by Gasteiger charge is 2.24. The summed E-state index contributed by atoms with van der Waals surface area (Å²) in [5.74, 6) is 0.993. The van der Waals surface area contributed by atoms with Crippen LogP contribution in [0, 0.1) is 0 Å². The van der Waals surface area contributed by atoms with Gasteiger partial charge in [0.2, 0.25) is 0 Å². The average molecular weight is 350 g/mol. The molecule has 3 heterocycles. The van der Waals surface area contributed by atoms with E-state index in [2.05, 4.69) is 10.4 Å². The lowest BCUT2D eigenvalue weighted by atomic mass is 10.0. The summed E-state index contributed by atoms with van der Waals surface area (Å²) < 4.78 is 7.27. The van der Waals surface area contributed by atoms with Gasteiger partial charge in [-0.3, -0.25) is 4.68 Å². The maximum atomic E-state index is 13.0. The van der Waals surface area contributed by atoms with Crippen molar-refractivity contribution in [3.8, 4) is 0 Å². The molecule has 1 aromatic carbocycles. The van der Waals surface area contributed by atoms with Crippen LogP contribution in [0.2, 0.25) is 0 Å². The van der Waals surface area contributed by atoms with Crippen molar-refractivity contribution in [1.29, 1.82) is 0 Å². The largest absolute Gasteiger partial charge is 0.469 e. The molecule has 3 aromatic rings. The molecule has 1 N–H and O–H groups in total. The van der Waals surface area contributed by atoms with Crippen molar-refractivity contribution < 1.29 is 9.21 Å². The molecule has 134 valence electrons. The van der Waals surface area contributed by atoms with Crippen molar-refractivity contribution >= 4 is 6.03 Å². The summed E-state index contributed by atoms with van der Waals surface area (Å²) in [6, 6.07) is 11.6. The molecule has 1 aliphatic rings. The topological polar surface area (TPSA) is 63.3 Å². The van der Waals surface area contributed by atoms with E-state index in [1.54, 1.807) is 17.1 Å². The Balaban J connectivity index is 1.56. The number of hydrogen-bond donors (Lipinski definition) is 1. The number of benzene rings is 1. The molecule has 1 aliphatic heterocycles. The first-order valence-corrected chi connectivity index (χ1v) is 8.85. The van der Waals surface area contributed by atoms with E-state index in [9.17, 15) is 4.79 Å². The number of nitrogens with one attached hydrogen (secondary N) is 1. The van der Waals surface area contributed by atoms with Crippen LogP contribution in [0.1, 0.15) is 34.9 Å². The fourth-order valence-electron chi connectivity index (χ4n) is 3.42. The Morgan fingerprint density at radius 1 is 1.23 bits per heavy atom. The van der Waals surface area contributed by atoms with Crippen molar-refractivity contribution in [1.82, 2.24) is 20.0 Å². The van der Waals surface area contributed by atoms with Crippen molar-refractivity contribution in [2.45, 2.75) is 25.4 Å². The van der Waals surface area contributed by atoms with Crippen molar-refractivity contribution in [2.24, 2.45) is 7.05 Å². The number of aromatic nitrogens is 2. The summed E-state index contributed by atoms with van der Waals surface area (Å²) in [4.78, 5) is 14.9. The number of nitrogens with zero attached hydrogens (tertiary/aromatic N) is 3. The molecule has 0 fully saturated rings. The summed E-state index contributed by atoms with van der Waals surface area (Å²) in [6.45, 7) is 1.29. The summed E-state index contributed by atoms with van der Waals surface area (Å²) in [5, 5.41) is 7.45. The molecule has 4 rings (SSSR count). The molecule has 0 radical (unpaired) electrons. The molecule has 1 unspecified atom stereocenters. The van der Waals surface area contributed by atoms with Gasteiger partial charge < -0.3 is 14.6 Å². The number of rotatable bonds is 3. The maximum Gasteiger partial charge on any atom is 0.318 e. The Morgan fingerprint density at radius 3 is 2.85 bits per heavy atom. The van der Waals surface area contributed by atoms with E-state index >= 15 is 0 Å². The number of fused-ring (bicyclic) bond motifs is 1. The quantitative estimate of drug-likeness (QED) is 0.789. The third-order valence-corrected chi connectivity index (χ3v) is 4.78. The number of amides is 2. The average Bonchev–Trinajstić information content (AvgIpc) is 3.23. The number of furan rings is 1. The summed E-state index contributed by atoms with van der Waals surface area (Å²) in [6.07, 6.45) is 7.21. The van der Waals surface area contributed by atoms with Gasteiger partial charge in [-0.2, -0.15) is 5.10 Å². The van der Waals surface area contributed by atoms with Crippen LogP contribution in [0.4, 0.5) is 4.79 Å². The minimum absolute atomic E-state index is 0.0724. The predicted octanol–water partition coefficient (Wildman–Crippen LogP) is 3.26. The van der Waals surface area contributed by atoms with Gasteiger partial charge >= 0.3 is 6.03 Å². The zero-order chi connectivity index (χ0) is 17.9. The Hall–Kier alpha value is -3.02. The van der Waals surface area contributed by atoms with E-state index in [1.807, 2.05) is 54.5 Å². The van der Waals surface area contributed by atoms with Crippen LogP contribution in [-0.2, 0) is 20.0 Å². The van der Waals surface area contributed by atoms with Gasteiger partial charge in [0.1, 0.15) is 5.76 Å². The van der Waals surface area contributed by atoms with Crippen molar-refractivity contribution in [3.63, 3.8) is 0 Å². The maximum absolute atomic E-state index is 13.0. The second-order valence-electron chi connectivity index (χ2n) is 6.63. The first-order valence-electron chi connectivity index (χ1n) is 8.85. The molecule has 2 amide bonds. The van der Waals surface area contributed by atoms with Crippen LogP contribution < -0.4 is 5.32 Å². The summed E-state index contributed by atoms with van der Waals surface area (Å²) in [7, 11) is 1.88. The molecule has 0 saturated carbocycles. The highest BCUT2D eigenvalue weighted by atomic mass is 16.3. The molecule has 0 bridgehead atoms. The predicted molar refractivity (Wildman–Crippen MR) is 97.5 cm³/mol. The Kier molecular flexibility index (Phi) is 4.48. The third kappa shape index (κ3) is 3.35. The molecule has 6 nitrogen and oxygen atoms in total. The SMILES string of the molecule is Cn1cc(C(NC(=O)N2CCCc3occc3C2)c2ccccc2)cn1. The highest BCUT2D eigenvalue weighted by molar-refractivity contribution is 5.75. The molecule has 0 aliphatic carbocycles. The first-order chi connectivity index (χ1) is 12.7. The molecule has 26 heavy (non-hydrogen) atoms. The van der Waals surface area contributed by atoms with Crippen LogP contribution >= 0.6 is 0 Å². The van der Waals surface area contributed by atoms with Gasteiger partial charge in [-0.1, -0.05) is 30.3 Å². The summed E-state index contributed by atoms with van der Waals surface area (Å²) >= 11 is 0. The normalized spacial score (nSPS) is 15.2. The Labute approximate surface area is 152 Å². The lowest BCUT2D eigenvalue weighted by molar-refractivity contribution is 0.193. The van der Waals surface area contributed by atoms with Gasteiger partial charge in [0.15, 0.2) is 0 Å². The van der Waals surface area contributed by atoms with Gasteiger partial charge in [-0.05, 0) is 18.1 Å². The van der Waals surface area contributed by atoms with Crippen molar-refractivity contribution in [3.05, 3.63) is 77.5 Å². The second-order valence-corrected chi connectivity index (χ2v) is 6.63. The number of urea groups is 1. The van der Waals surface area contributed by atoms with E-state index < -0.39 is 0 Å². The fourth-order valence-corrected chi connectivity index (χ4v) is 3.42. The Bertz CT molecular complexity index is 884. The Morgan fingerprint density at radius 2 is 2.08 bits per heavy atom. The van der Waals surface area contributed by atoms with Gasteiger partial charge in [-0.15, -0.1) is 0 Å². The lowest BCUT2D eigenvalue weighted by Crippen LogP contribution is -2.41. The smallest absolute Gasteiger partial charge is 0.318 e. The number of hydrogen-bond acceptors (Lipinski definition) is 3. The zero-order valence-electron chi connectivity index (χ0n) is 14.8. The molecule has 6 heteroatoms. The number of carbonyl (C=O) groups is 1. The van der Waals surface area contributed by atoms with E-state index in [0.717, 1.165) is 35.3 Å². The van der Waals surface area contributed by atoms with Crippen molar-refractivity contribution in [2.75, 3.05) is 6.54 Å². The molecular weight excluding hydrogens is 328 g/mol. The zero-order valence-corrected chi connectivity index (χ0v) is 14.8.